The van der Waals surface area contributed by atoms with E-state index in [-0.39, 0.29) is 29.6 Å². The molecule has 0 radical (unpaired) electrons. The molecular weight excluding hydrogens is 432 g/mol. The molecule has 33 heavy (non-hydrogen) atoms. The van der Waals surface area contributed by atoms with Crippen molar-refractivity contribution in [2.75, 3.05) is 19.7 Å². The molecule has 2 aliphatic rings. The summed E-state index contributed by atoms with van der Waals surface area (Å²) in [5.41, 5.74) is 3.43. The standard InChI is InChI=1S/C24H23F2N3O4/c1-23(25,26)32-16-7-5-15(6-8-16)22-27-21(28-33-22)18-3-2-4-19-17(18)9-10-24(19)13-20(31)29(14-24)11-12-30/h2-8,30H,9-14H2,1H3/t24-/m1/s1. The summed E-state index contributed by atoms with van der Waals surface area (Å²) in [7, 11) is 0. The highest BCUT2D eigenvalue weighted by Gasteiger charge is 2.48. The minimum Gasteiger partial charge on any atom is -0.433 e. The lowest BCUT2D eigenvalue weighted by Crippen LogP contribution is -2.32. The second kappa shape index (κ2) is 7.91. The van der Waals surface area contributed by atoms with Gasteiger partial charge in [0.25, 0.3) is 5.89 Å². The first-order valence-electron chi connectivity index (χ1n) is 10.8. The molecule has 0 unspecified atom stereocenters. The van der Waals surface area contributed by atoms with Gasteiger partial charge >= 0.3 is 6.11 Å². The van der Waals surface area contributed by atoms with Gasteiger partial charge in [-0.1, -0.05) is 23.4 Å². The number of benzene rings is 2. The third kappa shape index (κ3) is 3.97. The topological polar surface area (TPSA) is 88.7 Å². The van der Waals surface area contributed by atoms with Crippen molar-refractivity contribution in [3.8, 4) is 28.6 Å². The fourth-order valence-electron chi connectivity index (χ4n) is 4.97. The summed E-state index contributed by atoms with van der Waals surface area (Å²) in [4.78, 5) is 18.7. The van der Waals surface area contributed by atoms with E-state index in [1.807, 2.05) is 12.1 Å². The maximum absolute atomic E-state index is 13.0. The van der Waals surface area contributed by atoms with Crippen molar-refractivity contribution >= 4 is 5.91 Å². The van der Waals surface area contributed by atoms with Gasteiger partial charge in [-0.3, -0.25) is 4.79 Å². The van der Waals surface area contributed by atoms with E-state index in [0.29, 0.717) is 37.8 Å². The lowest BCUT2D eigenvalue weighted by molar-refractivity contribution is -0.158. The van der Waals surface area contributed by atoms with Crippen molar-refractivity contribution in [2.45, 2.75) is 37.7 Å². The van der Waals surface area contributed by atoms with Crippen molar-refractivity contribution in [3.05, 3.63) is 53.6 Å². The molecule has 2 heterocycles. The predicted molar refractivity (Wildman–Crippen MR) is 115 cm³/mol. The summed E-state index contributed by atoms with van der Waals surface area (Å²) in [6.45, 7) is 1.59. The third-order valence-electron chi connectivity index (χ3n) is 6.37. The molecule has 0 bridgehead atoms. The molecule has 1 aliphatic carbocycles. The van der Waals surface area contributed by atoms with Crippen LogP contribution in [0.5, 0.6) is 5.75 Å². The Hall–Kier alpha value is -3.33. The number of carbonyl (C=O) groups excluding carboxylic acids is 1. The van der Waals surface area contributed by atoms with Gasteiger partial charge in [0, 0.05) is 43.0 Å². The minimum atomic E-state index is -3.26. The first-order chi connectivity index (χ1) is 15.8. The molecular formula is C24H23F2N3O4. The Morgan fingerprint density at radius 1 is 1.24 bits per heavy atom. The van der Waals surface area contributed by atoms with Crippen LogP contribution in [0.2, 0.25) is 0 Å². The molecule has 1 aliphatic heterocycles. The van der Waals surface area contributed by atoms with Crippen LogP contribution in [0.15, 0.2) is 47.0 Å². The fraction of sp³-hybridized carbons (Fsp3) is 0.375. The fourth-order valence-corrected chi connectivity index (χ4v) is 4.97. The number of rotatable bonds is 6. The predicted octanol–water partition coefficient (Wildman–Crippen LogP) is 3.80. The van der Waals surface area contributed by atoms with Crippen molar-refractivity contribution in [3.63, 3.8) is 0 Å². The quantitative estimate of drug-likeness (QED) is 0.608. The number of aromatic nitrogens is 2. The molecule has 1 fully saturated rings. The Bertz CT molecular complexity index is 1190. The van der Waals surface area contributed by atoms with E-state index in [1.54, 1.807) is 17.0 Å². The SMILES string of the molecule is CC(F)(F)Oc1ccc(-c2nc(-c3cccc4c3CC[C@]43CC(=O)N(CCO)C3)no2)cc1. The number of halogens is 2. The van der Waals surface area contributed by atoms with Gasteiger partial charge in [-0.15, -0.1) is 0 Å². The summed E-state index contributed by atoms with van der Waals surface area (Å²) >= 11 is 0. The summed E-state index contributed by atoms with van der Waals surface area (Å²) in [6.07, 6.45) is -1.18. The number of likely N-dealkylation sites (tertiary alicyclic amines) is 1. The van der Waals surface area contributed by atoms with Crippen molar-refractivity contribution < 1.29 is 27.9 Å². The van der Waals surface area contributed by atoms with Crippen LogP contribution in [-0.4, -0.2) is 51.9 Å². The number of hydrogen-bond acceptors (Lipinski definition) is 6. The Balaban J connectivity index is 1.42. The highest BCUT2D eigenvalue weighted by atomic mass is 19.3. The average molecular weight is 455 g/mol. The van der Waals surface area contributed by atoms with Crippen LogP contribution in [0, 0.1) is 0 Å². The van der Waals surface area contributed by atoms with Crippen LogP contribution in [-0.2, 0) is 16.6 Å². The molecule has 5 rings (SSSR count). The number of β-amino-alcohol motifs (C(OH)–C–C–N with tert-alkyl or cyclic N) is 1. The number of hydrogen-bond donors (Lipinski definition) is 1. The molecule has 9 heteroatoms. The van der Waals surface area contributed by atoms with Gasteiger partial charge < -0.3 is 19.3 Å². The van der Waals surface area contributed by atoms with E-state index in [0.717, 1.165) is 29.5 Å². The summed E-state index contributed by atoms with van der Waals surface area (Å²) in [5.74, 6) is 0.821. The van der Waals surface area contributed by atoms with E-state index in [1.165, 1.54) is 12.1 Å². The molecule has 1 saturated heterocycles. The molecule has 172 valence electrons. The normalized spacial score (nSPS) is 20.0. The Morgan fingerprint density at radius 3 is 2.76 bits per heavy atom. The van der Waals surface area contributed by atoms with Crippen molar-refractivity contribution in [2.24, 2.45) is 0 Å². The van der Waals surface area contributed by atoms with E-state index < -0.39 is 6.11 Å². The molecule has 1 N–H and O–H groups in total. The number of aliphatic hydroxyl groups is 1. The number of aliphatic hydroxyl groups excluding tert-OH is 1. The molecule has 2 aromatic carbocycles. The smallest absolute Gasteiger partial charge is 0.394 e. The second-order valence-corrected chi connectivity index (χ2v) is 8.69. The lowest BCUT2D eigenvalue weighted by atomic mass is 9.80. The number of carbonyl (C=O) groups is 1. The van der Waals surface area contributed by atoms with Gasteiger partial charge in [0.05, 0.1) is 6.61 Å². The molecule has 1 aromatic heterocycles. The summed E-state index contributed by atoms with van der Waals surface area (Å²) < 4.78 is 36.1. The number of nitrogens with zero attached hydrogens (tertiary/aromatic N) is 3. The number of alkyl halides is 2. The average Bonchev–Trinajstić information content (AvgIpc) is 3.47. The molecule has 3 aromatic rings. The van der Waals surface area contributed by atoms with Gasteiger partial charge in [-0.25, -0.2) is 0 Å². The third-order valence-corrected chi connectivity index (χ3v) is 6.37. The van der Waals surface area contributed by atoms with Crippen LogP contribution in [0.3, 0.4) is 0 Å². The van der Waals surface area contributed by atoms with Crippen molar-refractivity contribution in [1.29, 1.82) is 0 Å². The zero-order valence-electron chi connectivity index (χ0n) is 18.1. The van der Waals surface area contributed by atoms with E-state index in [9.17, 15) is 18.7 Å². The zero-order chi connectivity index (χ0) is 23.2. The molecule has 1 spiro atoms. The highest BCUT2D eigenvalue weighted by Crippen LogP contribution is 2.48. The van der Waals surface area contributed by atoms with Gasteiger partial charge in [-0.2, -0.15) is 13.8 Å². The summed E-state index contributed by atoms with van der Waals surface area (Å²) in [6, 6.07) is 12.0. The summed E-state index contributed by atoms with van der Waals surface area (Å²) in [5, 5.41) is 13.4. The number of ether oxygens (including phenoxy) is 1. The first-order valence-corrected chi connectivity index (χ1v) is 10.8. The van der Waals surface area contributed by atoms with Crippen molar-refractivity contribution in [1.82, 2.24) is 15.0 Å². The van der Waals surface area contributed by atoms with Gasteiger partial charge in [0.1, 0.15) is 5.75 Å². The molecule has 7 nitrogen and oxygen atoms in total. The molecule has 0 saturated carbocycles. The maximum atomic E-state index is 13.0. The van der Waals surface area contributed by atoms with Crippen LogP contribution >= 0.6 is 0 Å². The molecule has 1 atom stereocenters. The van der Waals surface area contributed by atoms with Crippen LogP contribution in [0.1, 0.15) is 30.9 Å². The van der Waals surface area contributed by atoms with E-state index in [2.05, 4.69) is 20.9 Å². The van der Waals surface area contributed by atoms with Crippen LogP contribution in [0.4, 0.5) is 8.78 Å². The Morgan fingerprint density at radius 2 is 2.03 bits per heavy atom. The van der Waals surface area contributed by atoms with E-state index in [4.69, 9.17) is 4.52 Å². The highest BCUT2D eigenvalue weighted by molar-refractivity contribution is 5.82. The Labute approximate surface area is 189 Å². The maximum Gasteiger partial charge on any atom is 0.394 e. The van der Waals surface area contributed by atoms with Gasteiger partial charge in [0.2, 0.25) is 11.7 Å². The minimum absolute atomic E-state index is 0.0403. The molecule has 1 amide bonds. The van der Waals surface area contributed by atoms with Crippen LogP contribution < -0.4 is 4.74 Å². The van der Waals surface area contributed by atoms with Gasteiger partial charge in [-0.05, 0) is 48.2 Å². The monoisotopic (exact) mass is 455 g/mol. The first kappa shape index (κ1) is 21.5. The van der Waals surface area contributed by atoms with Gasteiger partial charge in [0.15, 0.2) is 0 Å². The number of amides is 1. The van der Waals surface area contributed by atoms with E-state index >= 15 is 0 Å². The largest absolute Gasteiger partial charge is 0.433 e. The Kier molecular flexibility index (Phi) is 5.16. The number of fused-ring (bicyclic) bond motifs is 2. The lowest BCUT2D eigenvalue weighted by Gasteiger charge is -2.24. The zero-order valence-corrected chi connectivity index (χ0v) is 18.1. The second-order valence-electron chi connectivity index (χ2n) is 8.69. The van der Waals surface area contributed by atoms with Crippen LogP contribution in [0.25, 0.3) is 22.8 Å².